The van der Waals surface area contributed by atoms with E-state index in [-0.39, 0.29) is 24.0 Å². The number of methoxy groups -OCH3 is 1. The number of hydrogen-bond donors (Lipinski definition) is 2. The number of ether oxygens (including phenoxy) is 1. The molecular weight excluding hydrogens is 425 g/mol. The molecule has 25 heavy (non-hydrogen) atoms. The summed E-state index contributed by atoms with van der Waals surface area (Å²) in [6.07, 6.45) is 0.888. The third kappa shape index (κ3) is 6.94. The van der Waals surface area contributed by atoms with Crippen LogP contribution < -0.4 is 15.4 Å². The summed E-state index contributed by atoms with van der Waals surface area (Å²) < 4.78 is 5.38. The van der Waals surface area contributed by atoms with Gasteiger partial charge in [0.25, 0.3) is 0 Å². The molecule has 0 saturated heterocycles. The van der Waals surface area contributed by atoms with E-state index in [4.69, 9.17) is 4.74 Å². The van der Waals surface area contributed by atoms with Crippen LogP contribution in [0.4, 0.5) is 0 Å². The minimum absolute atomic E-state index is 0. The van der Waals surface area contributed by atoms with Crippen molar-refractivity contribution in [2.75, 3.05) is 27.2 Å². The molecule has 0 radical (unpaired) electrons. The molecule has 0 amide bonds. The Labute approximate surface area is 168 Å². The summed E-state index contributed by atoms with van der Waals surface area (Å²) in [6.45, 7) is 3.86. The van der Waals surface area contributed by atoms with Gasteiger partial charge in [0.1, 0.15) is 5.75 Å². The Morgan fingerprint density at radius 2 is 1.72 bits per heavy atom. The Morgan fingerprint density at radius 3 is 2.40 bits per heavy atom. The lowest BCUT2D eigenvalue weighted by Gasteiger charge is -2.16. The lowest BCUT2D eigenvalue weighted by atomic mass is 10.0. The average molecular weight is 453 g/mol. The first-order chi connectivity index (χ1) is 11.7. The van der Waals surface area contributed by atoms with Gasteiger partial charge >= 0.3 is 0 Å². The van der Waals surface area contributed by atoms with Gasteiger partial charge in [0.2, 0.25) is 0 Å². The van der Waals surface area contributed by atoms with Crippen LogP contribution in [0.2, 0.25) is 0 Å². The lowest BCUT2D eigenvalue weighted by molar-refractivity contribution is 0.409. The minimum atomic E-state index is 0. The molecule has 0 heterocycles. The van der Waals surface area contributed by atoms with Gasteiger partial charge in [-0.3, -0.25) is 4.99 Å². The lowest BCUT2D eigenvalue weighted by Crippen LogP contribution is -2.39. The quantitative estimate of drug-likeness (QED) is 0.381. The molecule has 1 atom stereocenters. The Balaban J connectivity index is 0.00000312. The van der Waals surface area contributed by atoms with Gasteiger partial charge in [0, 0.05) is 20.1 Å². The van der Waals surface area contributed by atoms with Gasteiger partial charge in [-0.2, -0.15) is 0 Å². The van der Waals surface area contributed by atoms with Crippen LogP contribution in [-0.4, -0.2) is 33.2 Å². The molecule has 0 saturated carbocycles. The van der Waals surface area contributed by atoms with Crippen molar-refractivity contribution >= 4 is 29.9 Å². The van der Waals surface area contributed by atoms with Crippen LogP contribution in [0, 0.1) is 0 Å². The molecule has 2 aromatic rings. The van der Waals surface area contributed by atoms with E-state index in [9.17, 15) is 0 Å². The number of guanidine groups is 1. The molecule has 2 rings (SSSR count). The molecule has 0 spiro atoms. The van der Waals surface area contributed by atoms with Crippen LogP contribution >= 0.6 is 24.0 Å². The van der Waals surface area contributed by atoms with E-state index in [2.05, 4.69) is 52.9 Å². The van der Waals surface area contributed by atoms with Crippen LogP contribution in [0.3, 0.4) is 0 Å². The number of para-hydroxylation sites is 1. The van der Waals surface area contributed by atoms with Crippen LogP contribution in [0.1, 0.15) is 24.0 Å². The molecule has 2 aromatic carbocycles. The Hall–Kier alpha value is -1.76. The molecule has 5 heteroatoms. The summed E-state index contributed by atoms with van der Waals surface area (Å²) in [5.41, 5.74) is 2.52. The smallest absolute Gasteiger partial charge is 0.191 e. The number of hydrogen-bond acceptors (Lipinski definition) is 2. The van der Waals surface area contributed by atoms with Gasteiger partial charge in [0.15, 0.2) is 5.96 Å². The fraction of sp³-hybridized carbons (Fsp3) is 0.350. The Bertz CT molecular complexity index is 646. The highest BCUT2D eigenvalue weighted by Crippen LogP contribution is 2.17. The van der Waals surface area contributed by atoms with Crippen molar-refractivity contribution in [1.29, 1.82) is 0 Å². The number of aliphatic imine (C=N–C) groups is 1. The maximum absolute atomic E-state index is 5.38. The normalized spacial score (nSPS) is 12.0. The summed E-state index contributed by atoms with van der Waals surface area (Å²) >= 11 is 0. The maximum atomic E-state index is 5.38. The summed E-state index contributed by atoms with van der Waals surface area (Å²) in [5, 5.41) is 6.75. The van der Waals surface area contributed by atoms with E-state index in [1.165, 1.54) is 11.1 Å². The number of nitrogens with zero attached hydrogens (tertiary/aromatic N) is 1. The van der Waals surface area contributed by atoms with Gasteiger partial charge in [-0.05, 0) is 29.5 Å². The molecular formula is C20H28IN3O. The van der Waals surface area contributed by atoms with E-state index in [1.807, 2.05) is 24.3 Å². The van der Waals surface area contributed by atoms with Crippen molar-refractivity contribution in [3.05, 3.63) is 65.7 Å². The van der Waals surface area contributed by atoms with Crippen molar-refractivity contribution in [1.82, 2.24) is 10.6 Å². The van der Waals surface area contributed by atoms with Gasteiger partial charge < -0.3 is 15.4 Å². The van der Waals surface area contributed by atoms with Crippen molar-refractivity contribution in [2.24, 2.45) is 4.99 Å². The highest BCUT2D eigenvalue weighted by Gasteiger charge is 2.06. The standard InChI is InChI=1S/C20H27N3O.HI/c1-16(17-9-5-4-6-10-17)15-23-20(21-2)22-14-13-18-11-7-8-12-19(18)24-3;/h4-12,16H,13-15H2,1-3H3,(H2,21,22,23);1H. The van der Waals surface area contributed by atoms with Crippen LogP contribution in [0.5, 0.6) is 5.75 Å². The van der Waals surface area contributed by atoms with E-state index in [0.717, 1.165) is 31.2 Å². The van der Waals surface area contributed by atoms with Crippen LogP contribution in [-0.2, 0) is 6.42 Å². The van der Waals surface area contributed by atoms with Crippen molar-refractivity contribution in [3.63, 3.8) is 0 Å². The van der Waals surface area contributed by atoms with Crippen LogP contribution in [0.25, 0.3) is 0 Å². The number of rotatable bonds is 7. The molecule has 0 aliphatic rings. The second kappa shape index (κ2) is 11.7. The first-order valence-corrected chi connectivity index (χ1v) is 8.36. The van der Waals surface area contributed by atoms with Crippen molar-refractivity contribution < 1.29 is 4.74 Å². The second-order valence-electron chi connectivity index (χ2n) is 5.75. The summed E-state index contributed by atoms with van der Waals surface area (Å²) in [7, 11) is 3.50. The highest BCUT2D eigenvalue weighted by atomic mass is 127. The fourth-order valence-corrected chi connectivity index (χ4v) is 2.59. The summed E-state index contributed by atoms with van der Waals surface area (Å²) in [6, 6.07) is 18.6. The van der Waals surface area contributed by atoms with Crippen LogP contribution in [0.15, 0.2) is 59.6 Å². The summed E-state index contributed by atoms with van der Waals surface area (Å²) in [5.74, 6) is 2.19. The molecule has 2 N–H and O–H groups in total. The summed E-state index contributed by atoms with van der Waals surface area (Å²) in [4.78, 5) is 4.29. The second-order valence-corrected chi connectivity index (χ2v) is 5.75. The Kier molecular flexibility index (Phi) is 9.99. The van der Waals surface area contributed by atoms with E-state index >= 15 is 0 Å². The van der Waals surface area contributed by atoms with E-state index < -0.39 is 0 Å². The molecule has 0 fully saturated rings. The third-order valence-corrected chi connectivity index (χ3v) is 4.05. The van der Waals surface area contributed by atoms with Gasteiger partial charge in [-0.1, -0.05) is 55.5 Å². The minimum Gasteiger partial charge on any atom is -0.496 e. The topological polar surface area (TPSA) is 45.7 Å². The van der Waals surface area contributed by atoms with E-state index in [1.54, 1.807) is 14.2 Å². The predicted molar refractivity (Wildman–Crippen MR) is 116 cm³/mol. The Morgan fingerprint density at radius 1 is 1.04 bits per heavy atom. The molecule has 0 bridgehead atoms. The zero-order chi connectivity index (χ0) is 17.2. The van der Waals surface area contributed by atoms with Gasteiger partial charge in [0.05, 0.1) is 7.11 Å². The zero-order valence-corrected chi connectivity index (χ0v) is 17.5. The zero-order valence-electron chi connectivity index (χ0n) is 15.2. The number of halogens is 1. The fourth-order valence-electron chi connectivity index (χ4n) is 2.59. The molecule has 1 unspecified atom stereocenters. The first kappa shape index (κ1) is 21.3. The molecule has 4 nitrogen and oxygen atoms in total. The van der Waals surface area contributed by atoms with Gasteiger partial charge in [-0.15, -0.1) is 24.0 Å². The van der Waals surface area contributed by atoms with Crippen molar-refractivity contribution in [3.8, 4) is 5.75 Å². The molecule has 136 valence electrons. The highest BCUT2D eigenvalue weighted by molar-refractivity contribution is 14.0. The molecule has 0 aromatic heterocycles. The van der Waals surface area contributed by atoms with Crippen molar-refractivity contribution in [2.45, 2.75) is 19.3 Å². The first-order valence-electron chi connectivity index (χ1n) is 8.36. The number of nitrogens with one attached hydrogen (secondary N) is 2. The van der Waals surface area contributed by atoms with E-state index in [0.29, 0.717) is 5.92 Å². The molecule has 0 aliphatic heterocycles. The van der Waals surface area contributed by atoms with Gasteiger partial charge in [-0.25, -0.2) is 0 Å². The SMILES string of the molecule is CN=C(NCCc1ccccc1OC)NCC(C)c1ccccc1.I. The monoisotopic (exact) mass is 453 g/mol. The maximum Gasteiger partial charge on any atom is 0.191 e. The predicted octanol–water partition coefficient (Wildman–Crippen LogP) is 3.82. The molecule has 0 aliphatic carbocycles. The number of benzene rings is 2. The largest absolute Gasteiger partial charge is 0.496 e. The third-order valence-electron chi connectivity index (χ3n) is 4.05. The average Bonchev–Trinajstić information content (AvgIpc) is 2.65.